The molecule has 1 aliphatic rings. The minimum atomic E-state index is -4.90. The van der Waals surface area contributed by atoms with E-state index < -0.39 is 23.5 Å². The van der Waals surface area contributed by atoms with Crippen LogP contribution in [0.25, 0.3) is 0 Å². The Bertz CT molecular complexity index is 806. The molecular formula is C19H24F6N6. The molecular weight excluding hydrogens is 426 g/mol. The molecule has 172 valence electrons. The van der Waals surface area contributed by atoms with Crippen molar-refractivity contribution in [3.05, 3.63) is 34.9 Å². The average molecular weight is 450 g/mol. The van der Waals surface area contributed by atoms with Crippen LogP contribution in [0.15, 0.2) is 18.2 Å². The summed E-state index contributed by atoms with van der Waals surface area (Å²) in [5.74, 6) is 0.141. The first-order valence-corrected chi connectivity index (χ1v) is 10.1. The predicted molar refractivity (Wildman–Crippen MR) is 101 cm³/mol. The lowest BCUT2D eigenvalue weighted by atomic mass is 9.89. The maximum Gasteiger partial charge on any atom is 0.416 e. The van der Waals surface area contributed by atoms with Crippen LogP contribution in [0, 0.1) is 0 Å². The fourth-order valence-electron chi connectivity index (χ4n) is 3.99. The van der Waals surface area contributed by atoms with Gasteiger partial charge in [-0.25, -0.2) is 0 Å². The molecule has 0 aliphatic carbocycles. The number of nitrogens with zero attached hydrogens (tertiary/aromatic N) is 4. The van der Waals surface area contributed by atoms with Crippen LogP contribution < -0.4 is 10.2 Å². The number of anilines is 1. The molecule has 6 nitrogen and oxygen atoms in total. The number of hydrogen-bond acceptors (Lipinski definition) is 5. The van der Waals surface area contributed by atoms with Crippen molar-refractivity contribution < 1.29 is 26.3 Å². The lowest BCUT2D eigenvalue weighted by Gasteiger charge is -2.41. The topological polar surface area (TPSA) is 69.7 Å². The summed E-state index contributed by atoms with van der Waals surface area (Å²) in [6.07, 6.45) is -6.80. The van der Waals surface area contributed by atoms with Gasteiger partial charge in [0.05, 0.1) is 11.1 Å². The van der Waals surface area contributed by atoms with Gasteiger partial charge in [-0.05, 0) is 54.7 Å². The Morgan fingerprint density at radius 2 is 1.48 bits per heavy atom. The van der Waals surface area contributed by atoms with Crippen LogP contribution >= 0.6 is 0 Å². The first kappa shape index (κ1) is 23.3. The lowest BCUT2D eigenvalue weighted by Crippen LogP contribution is -2.52. The van der Waals surface area contributed by atoms with Gasteiger partial charge in [-0.3, -0.25) is 0 Å². The van der Waals surface area contributed by atoms with Crippen molar-refractivity contribution in [2.75, 3.05) is 4.90 Å². The van der Waals surface area contributed by atoms with Crippen LogP contribution in [0.4, 0.5) is 32.3 Å². The van der Waals surface area contributed by atoms with Gasteiger partial charge in [0.1, 0.15) is 0 Å². The molecule has 2 atom stereocenters. The van der Waals surface area contributed by atoms with Gasteiger partial charge in [0, 0.05) is 24.7 Å². The highest BCUT2D eigenvalue weighted by atomic mass is 19.4. The van der Waals surface area contributed by atoms with E-state index in [4.69, 9.17) is 0 Å². The highest BCUT2D eigenvalue weighted by Gasteiger charge is 2.38. The van der Waals surface area contributed by atoms with E-state index in [-0.39, 0.29) is 42.2 Å². The van der Waals surface area contributed by atoms with E-state index in [2.05, 4.69) is 25.9 Å². The summed E-state index contributed by atoms with van der Waals surface area (Å²) in [5.41, 5.74) is -2.80. The lowest BCUT2D eigenvalue weighted by molar-refractivity contribution is -0.143. The van der Waals surface area contributed by atoms with Gasteiger partial charge >= 0.3 is 12.4 Å². The number of benzene rings is 1. The molecule has 0 spiro atoms. The van der Waals surface area contributed by atoms with E-state index in [9.17, 15) is 26.3 Å². The zero-order valence-corrected chi connectivity index (χ0v) is 17.1. The molecule has 3 rings (SSSR count). The Morgan fingerprint density at radius 1 is 0.935 bits per heavy atom. The number of H-pyrrole nitrogens is 1. The maximum absolute atomic E-state index is 13.3. The number of tetrazole rings is 1. The number of hydrogen-bond donors (Lipinski definition) is 2. The van der Waals surface area contributed by atoms with Crippen LogP contribution in [0.3, 0.4) is 0 Å². The Labute approximate surface area is 175 Å². The minimum absolute atomic E-state index is 0.119. The molecule has 0 saturated carbocycles. The van der Waals surface area contributed by atoms with Crippen molar-refractivity contribution in [3.8, 4) is 0 Å². The number of halogens is 6. The van der Waals surface area contributed by atoms with Crippen LogP contribution in [0.1, 0.15) is 56.2 Å². The SMILES string of the molecule is CCC1CC(N(Cc2cc(C(F)(F)F)cc(C(F)(F)F)c2)c2nn[nH]n2)CC(CC)N1. The first-order valence-electron chi connectivity index (χ1n) is 10.1. The van der Waals surface area contributed by atoms with E-state index in [1.165, 1.54) is 0 Å². The van der Waals surface area contributed by atoms with Crippen LogP contribution in [-0.2, 0) is 18.9 Å². The molecule has 1 aromatic carbocycles. The summed E-state index contributed by atoms with van der Waals surface area (Å²) in [4.78, 5) is 1.64. The second-order valence-corrected chi connectivity index (χ2v) is 7.76. The summed E-state index contributed by atoms with van der Waals surface area (Å²) in [6.45, 7) is 3.84. The normalized spacial score (nSPS) is 22.5. The quantitative estimate of drug-likeness (QED) is 0.632. The fourth-order valence-corrected chi connectivity index (χ4v) is 3.99. The third kappa shape index (κ3) is 5.66. The largest absolute Gasteiger partial charge is 0.416 e. The Morgan fingerprint density at radius 3 is 1.90 bits per heavy atom. The third-order valence-electron chi connectivity index (χ3n) is 5.60. The van der Waals surface area contributed by atoms with Crippen molar-refractivity contribution in [1.29, 1.82) is 0 Å². The smallest absolute Gasteiger partial charge is 0.331 e. The van der Waals surface area contributed by atoms with Gasteiger partial charge in [-0.2, -0.15) is 31.6 Å². The maximum atomic E-state index is 13.3. The standard InChI is InChI=1S/C19H24F6N6/c1-3-14-8-16(9-15(4-2)26-14)31(17-27-29-30-28-17)10-11-5-12(18(20,21)22)7-13(6-11)19(23,24)25/h5-7,14-16,26H,3-4,8-10H2,1-2H3,(H,27,28,29,30). The zero-order chi connectivity index (χ0) is 22.8. The van der Waals surface area contributed by atoms with E-state index in [0.717, 1.165) is 25.0 Å². The van der Waals surface area contributed by atoms with Crippen LogP contribution in [0.5, 0.6) is 0 Å². The number of rotatable bonds is 6. The second kappa shape index (κ2) is 9.01. The van der Waals surface area contributed by atoms with Crippen molar-refractivity contribution >= 4 is 5.95 Å². The summed E-state index contributed by atoms with van der Waals surface area (Å²) in [6, 6.07) is 1.80. The molecule has 31 heavy (non-hydrogen) atoms. The van der Waals surface area contributed by atoms with Crippen molar-refractivity contribution in [2.24, 2.45) is 0 Å². The third-order valence-corrected chi connectivity index (χ3v) is 5.60. The highest BCUT2D eigenvalue weighted by Crippen LogP contribution is 2.37. The summed E-state index contributed by atoms with van der Waals surface area (Å²) in [5, 5.41) is 17.2. The summed E-state index contributed by atoms with van der Waals surface area (Å²) < 4.78 is 79.6. The van der Waals surface area contributed by atoms with Crippen molar-refractivity contribution in [2.45, 2.75) is 76.6 Å². The number of aromatic amines is 1. The van der Waals surface area contributed by atoms with Gasteiger partial charge in [0.2, 0.25) is 0 Å². The molecule has 0 bridgehead atoms. The Hall–Kier alpha value is -2.37. The molecule has 0 amide bonds. The van der Waals surface area contributed by atoms with Gasteiger partial charge in [0.25, 0.3) is 5.95 Å². The van der Waals surface area contributed by atoms with Crippen LogP contribution in [0.2, 0.25) is 0 Å². The molecule has 1 aliphatic heterocycles. The van der Waals surface area contributed by atoms with Crippen molar-refractivity contribution in [3.63, 3.8) is 0 Å². The molecule has 1 aromatic heterocycles. The molecule has 12 heteroatoms. The minimum Gasteiger partial charge on any atom is -0.331 e. The molecule has 1 fully saturated rings. The van der Waals surface area contributed by atoms with E-state index in [0.29, 0.717) is 12.8 Å². The molecule has 2 unspecified atom stereocenters. The zero-order valence-electron chi connectivity index (χ0n) is 17.1. The summed E-state index contributed by atoms with van der Waals surface area (Å²) >= 11 is 0. The molecule has 2 aromatic rings. The van der Waals surface area contributed by atoms with Crippen molar-refractivity contribution in [1.82, 2.24) is 25.9 Å². The average Bonchev–Trinajstić information content (AvgIpc) is 3.24. The van der Waals surface area contributed by atoms with E-state index in [1.54, 1.807) is 4.90 Å². The Kier molecular flexibility index (Phi) is 6.77. The molecule has 1 saturated heterocycles. The first-order chi connectivity index (χ1) is 14.5. The summed E-state index contributed by atoms with van der Waals surface area (Å²) in [7, 11) is 0. The molecule has 2 heterocycles. The second-order valence-electron chi connectivity index (χ2n) is 7.76. The predicted octanol–water partition coefficient (Wildman–Crippen LogP) is 4.55. The number of aromatic nitrogens is 4. The van der Waals surface area contributed by atoms with Gasteiger partial charge in [-0.1, -0.05) is 18.9 Å². The highest BCUT2D eigenvalue weighted by molar-refractivity contribution is 5.38. The monoisotopic (exact) mass is 450 g/mol. The van der Waals surface area contributed by atoms with Gasteiger partial charge in [-0.15, -0.1) is 5.10 Å². The molecule has 2 N–H and O–H groups in total. The molecule has 0 radical (unpaired) electrons. The fraction of sp³-hybridized carbons (Fsp3) is 0.632. The van der Waals surface area contributed by atoms with Gasteiger partial charge in [0.15, 0.2) is 0 Å². The Balaban J connectivity index is 1.99. The van der Waals surface area contributed by atoms with E-state index in [1.807, 2.05) is 13.8 Å². The van der Waals surface area contributed by atoms with E-state index >= 15 is 0 Å². The number of alkyl halides is 6. The van der Waals surface area contributed by atoms with Crippen LogP contribution in [-0.4, -0.2) is 38.7 Å². The number of piperidine rings is 1. The number of nitrogens with one attached hydrogen (secondary N) is 2. The van der Waals surface area contributed by atoms with Gasteiger partial charge < -0.3 is 10.2 Å².